The first-order valence-corrected chi connectivity index (χ1v) is 5.71. The molecule has 0 amide bonds. The van der Waals surface area contributed by atoms with Gasteiger partial charge < -0.3 is 0 Å². The van der Waals surface area contributed by atoms with E-state index in [4.69, 9.17) is 0 Å². The maximum Gasteiger partial charge on any atom is 0.0200 e. The smallest absolute Gasteiger partial charge is 0.0200 e. The summed E-state index contributed by atoms with van der Waals surface area (Å²) in [5.41, 5.74) is 0. The lowest BCUT2D eigenvalue weighted by molar-refractivity contribution is 0.639. The Hall–Kier alpha value is 0.700. The summed E-state index contributed by atoms with van der Waals surface area (Å²) in [6.45, 7) is 2.40. The first-order chi connectivity index (χ1) is 4.38. The van der Waals surface area contributed by atoms with Gasteiger partial charge in [0, 0.05) is 10.5 Å². The van der Waals surface area contributed by atoms with E-state index in [1.165, 1.54) is 17.9 Å². The zero-order valence-electron chi connectivity index (χ0n) is 5.67. The highest BCUT2D eigenvalue weighted by Gasteiger charge is 2.37. The minimum absolute atomic E-state index is 0.993. The van der Waals surface area contributed by atoms with E-state index < -0.39 is 0 Å². The summed E-state index contributed by atoms with van der Waals surface area (Å²) in [4.78, 5) is 0. The summed E-state index contributed by atoms with van der Waals surface area (Å²) < 4.78 is 0. The van der Waals surface area contributed by atoms with Crippen molar-refractivity contribution in [3.63, 3.8) is 0 Å². The average Bonchev–Trinajstić information content (AvgIpc) is 2.35. The van der Waals surface area contributed by atoms with Crippen molar-refractivity contribution in [3.05, 3.63) is 0 Å². The fourth-order valence-electron chi connectivity index (χ4n) is 1.67. The lowest BCUT2D eigenvalue weighted by Crippen LogP contribution is -2.13. The molecule has 3 atom stereocenters. The summed E-state index contributed by atoms with van der Waals surface area (Å²) in [5, 5.41) is 2.06. The standard InChI is InChI=1S/C7H12S2/c1-5-4-9-6-2-3-8-7(5)6/h5-7H,2-4H2,1H3. The van der Waals surface area contributed by atoms with E-state index in [1.807, 2.05) is 0 Å². The fraction of sp³-hybridized carbons (Fsp3) is 1.00. The van der Waals surface area contributed by atoms with Crippen molar-refractivity contribution in [2.45, 2.75) is 23.8 Å². The van der Waals surface area contributed by atoms with Gasteiger partial charge in [-0.2, -0.15) is 23.5 Å². The van der Waals surface area contributed by atoms with Gasteiger partial charge in [0.25, 0.3) is 0 Å². The fourth-order valence-corrected chi connectivity index (χ4v) is 5.35. The van der Waals surface area contributed by atoms with Crippen LogP contribution in [0.5, 0.6) is 0 Å². The van der Waals surface area contributed by atoms with Crippen LogP contribution < -0.4 is 0 Å². The maximum absolute atomic E-state index is 2.40. The molecular weight excluding hydrogens is 148 g/mol. The van der Waals surface area contributed by atoms with Gasteiger partial charge in [0.1, 0.15) is 0 Å². The second kappa shape index (κ2) is 2.39. The van der Waals surface area contributed by atoms with Gasteiger partial charge in [-0.1, -0.05) is 6.92 Å². The summed E-state index contributed by atoms with van der Waals surface area (Å²) >= 11 is 4.40. The van der Waals surface area contributed by atoms with Crippen molar-refractivity contribution in [1.82, 2.24) is 0 Å². The zero-order chi connectivity index (χ0) is 6.27. The molecule has 2 heteroatoms. The van der Waals surface area contributed by atoms with E-state index in [-0.39, 0.29) is 0 Å². The van der Waals surface area contributed by atoms with Crippen molar-refractivity contribution in [1.29, 1.82) is 0 Å². The van der Waals surface area contributed by atoms with E-state index in [2.05, 4.69) is 30.4 Å². The van der Waals surface area contributed by atoms with E-state index in [1.54, 1.807) is 0 Å². The van der Waals surface area contributed by atoms with Crippen LogP contribution in [0.4, 0.5) is 0 Å². The Morgan fingerprint density at radius 3 is 3.00 bits per heavy atom. The van der Waals surface area contributed by atoms with Crippen LogP contribution in [0.25, 0.3) is 0 Å². The summed E-state index contributed by atoms with van der Waals surface area (Å²) in [6.07, 6.45) is 1.48. The molecule has 0 aromatic carbocycles. The van der Waals surface area contributed by atoms with Crippen LogP contribution in [0.3, 0.4) is 0 Å². The Balaban J connectivity index is 2.07. The molecule has 0 nitrogen and oxygen atoms in total. The minimum Gasteiger partial charge on any atom is -0.157 e. The van der Waals surface area contributed by atoms with Crippen molar-refractivity contribution in [2.24, 2.45) is 5.92 Å². The molecule has 0 aromatic rings. The predicted octanol–water partition coefficient (Wildman–Crippen LogP) is 2.24. The summed E-state index contributed by atoms with van der Waals surface area (Å²) in [7, 11) is 0. The number of rotatable bonds is 0. The van der Waals surface area contributed by atoms with E-state index in [0.717, 1.165) is 16.4 Å². The highest BCUT2D eigenvalue weighted by Crippen LogP contribution is 2.46. The molecule has 2 rings (SSSR count). The molecule has 2 aliphatic heterocycles. The van der Waals surface area contributed by atoms with Crippen LogP contribution in [0.1, 0.15) is 13.3 Å². The topological polar surface area (TPSA) is 0 Å². The second-order valence-electron chi connectivity index (χ2n) is 2.97. The van der Waals surface area contributed by atoms with Crippen LogP contribution in [0, 0.1) is 5.92 Å². The molecule has 2 heterocycles. The lowest BCUT2D eigenvalue weighted by Gasteiger charge is -2.09. The Kier molecular flexibility index (Phi) is 1.70. The van der Waals surface area contributed by atoms with E-state index in [0.29, 0.717) is 0 Å². The van der Waals surface area contributed by atoms with Gasteiger partial charge in [-0.3, -0.25) is 0 Å². The molecule has 0 N–H and O–H groups in total. The Bertz CT molecular complexity index is 113. The zero-order valence-corrected chi connectivity index (χ0v) is 7.30. The lowest BCUT2D eigenvalue weighted by atomic mass is 10.1. The molecule has 0 saturated carbocycles. The third-order valence-corrected chi connectivity index (χ3v) is 5.71. The monoisotopic (exact) mass is 160 g/mol. The predicted molar refractivity (Wildman–Crippen MR) is 46.3 cm³/mol. The molecule has 9 heavy (non-hydrogen) atoms. The van der Waals surface area contributed by atoms with E-state index >= 15 is 0 Å². The first kappa shape index (κ1) is 6.41. The Morgan fingerprint density at radius 1 is 1.33 bits per heavy atom. The molecule has 0 spiro atoms. The molecule has 0 radical (unpaired) electrons. The number of thioether (sulfide) groups is 2. The normalized spacial score (nSPS) is 49.7. The van der Waals surface area contributed by atoms with Crippen molar-refractivity contribution in [3.8, 4) is 0 Å². The van der Waals surface area contributed by atoms with Crippen molar-refractivity contribution >= 4 is 23.5 Å². The molecule has 2 aliphatic rings. The van der Waals surface area contributed by atoms with Gasteiger partial charge in [-0.15, -0.1) is 0 Å². The maximum atomic E-state index is 2.40. The van der Waals surface area contributed by atoms with Crippen LogP contribution in [-0.4, -0.2) is 22.0 Å². The van der Waals surface area contributed by atoms with Gasteiger partial charge in [0.2, 0.25) is 0 Å². The SMILES string of the molecule is CC1CSC2CCSC12. The van der Waals surface area contributed by atoms with Crippen LogP contribution >= 0.6 is 23.5 Å². The summed E-state index contributed by atoms with van der Waals surface area (Å²) in [6, 6.07) is 0. The molecule has 0 aromatic heterocycles. The van der Waals surface area contributed by atoms with Crippen LogP contribution in [0.15, 0.2) is 0 Å². The number of hydrogen-bond donors (Lipinski definition) is 0. The molecule has 0 aliphatic carbocycles. The highest BCUT2D eigenvalue weighted by atomic mass is 32.2. The van der Waals surface area contributed by atoms with Crippen molar-refractivity contribution in [2.75, 3.05) is 11.5 Å². The van der Waals surface area contributed by atoms with Crippen LogP contribution in [-0.2, 0) is 0 Å². The Labute approximate surface area is 65.2 Å². The Morgan fingerprint density at radius 2 is 2.22 bits per heavy atom. The molecule has 2 fully saturated rings. The summed E-state index contributed by atoms with van der Waals surface area (Å²) in [5.74, 6) is 3.84. The van der Waals surface area contributed by atoms with Gasteiger partial charge in [-0.25, -0.2) is 0 Å². The quantitative estimate of drug-likeness (QED) is 0.533. The van der Waals surface area contributed by atoms with Gasteiger partial charge in [0.05, 0.1) is 0 Å². The third kappa shape index (κ3) is 1.01. The average molecular weight is 160 g/mol. The number of hydrogen-bond acceptors (Lipinski definition) is 2. The molecule has 52 valence electrons. The molecule has 0 bridgehead atoms. The first-order valence-electron chi connectivity index (χ1n) is 3.61. The molecular formula is C7H12S2. The minimum atomic E-state index is 0.993. The largest absolute Gasteiger partial charge is 0.157 e. The number of fused-ring (bicyclic) bond motifs is 1. The van der Waals surface area contributed by atoms with E-state index in [9.17, 15) is 0 Å². The third-order valence-electron chi connectivity index (χ3n) is 2.21. The highest BCUT2D eigenvalue weighted by molar-refractivity contribution is 8.05. The van der Waals surface area contributed by atoms with Gasteiger partial charge >= 0.3 is 0 Å². The second-order valence-corrected chi connectivity index (χ2v) is 5.53. The van der Waals surface area contributed by atoms with Crippen molar-refractivity contribution < 1.29 is 0 Å². The van der Waals surface area contributed by atoms with Gasteiger partial charge in [-0.05, 0) is 23.8 Å². The van der Waals surface area contributed by atoms with Gasteiger partial charge in [0.15, 0.2) is 0 Å². The van der Waals surface area contributed by atoms with Crippen LogP contribution in [0.2, 0.25) is 0 Å². The molecule has 2 saturated heterocycles. The molecule has 3 unspecified atom stereocenters.